The normalized spacial score (nSPS) is 10.4. The Hall–Kier alpha value is -1.95. The van der Waals surface area contributed by atoms with Crippen molar-refractivity contribution in [2.45, 2.75) is 6.92 Å². The number of phenolic OH excluding ortho intramolecular Hbond substituents is 1. The highest BCUT2D eigenvalue weighted by atomic mass is 35.5. The van der Waals surface area contributed by atoms with Crippen molar-refractivity contribution in [3.63, 3.8) is 0 Å². The summed E-state index contributed by atoms with van der Waals surface area (Å²) in [7, 11) is 1.52. The van der Waals surface area contributed by atoms with Gasteiger partial charge in [-0.2, -0.15) is 5.10 Å². The van der Waals surface area contributed by atoms with Crippen LogP contribution in [0.5, 0.6) is 11.5 Å². The molecule has 0 radical (unpaired) electrons. The molecule has 0 atom stereocenters. The molecule has 1 rings (SSSR count). The molecule has 0 fully saturated rings. The van der Waals surface area contributed by atoms with Crippen LogP contribution in [-0.2, 0) is 0 Å². The van der Waals surface area contributed by atoms with E-state index in [-0.39, 0.29) is 24.1 Å². The van der Waals surface area contributed by atoms with Crippen molar-refractivity contribution in [1.29, 1.82) is 5.41 Å². The first-order valence-electron chi connectivity index (χ1n) is 4.56. The zero-order valence-electron chi connectivity index (χ0n) is 9.52. The largest absolute Gasteiger partial charge is 0.507 e. The van der Waals surface area contributed by atoms with Gasteiger partial charge >= 0.3 is 0 Å². The van der Waals surface area contributed by atoms with Crippen LogP contribution in [0, 0.1) is 5.41 Å². The number of benzene rings is 1. The Morgan fingerprint density at radius 3 is 2.65 bits per heavy atom. The first-order chi connectivity index (χ1) is 7.54. The van der Waals surface area contributed by atoms with Crippen LogP contribution < -0.4 is 15.9 Å². The minimum atomic E-state index is -0.257. The lowest BCUT2D eigenvalue weighted by atomic mass is 10.1. The molecule has 1 aromatic rings. The third kappa shape index (κ3) is 4.20. The summed E-state index contributed by atoms with van der Waals surface area (Å²) in [4.78, 5) is 0. The van der Waals surface area contributed by atoms with Crippen LogP contribution in [0.15, 0.2) is 23.3 Å². The molecule has 0 amide bonds. The van der Waals surface area contributed by atoms with Crippen LogP contribution in [0.2, 0.25) is 0 Å². The van der Waals surface area contributed by atoms with E-state index in [0.29, 0.717) is 17.0 Å². The van der Waals surface area contributed by atoms with Gasteiger partial charge < -0.3 is 15.6 Å². The molecule has 0 unspecified atom stereocenters. The molecule has 0 aromatic heterocycles. The Kier molecular flexibility index (Phi) is 5.84. The number of ether oxygens (including phenoxy) is 1. The minimum Gasteiger partial charge on any atom is -0.507 e. The lowest BCUT2D eigenvalue weighted by Gasteiger charge is -2.06. The van der Waals surface area contributed by atoms with E-state index in [2.05, 4.69) is 10.5 Å². The van der Waals surface area contributed by atoms with E-state index in [1.54, 1.807) is 19.1 Å². The van der Waals surface area contributed by atoms with Crippen LogP contribution in [0.25, 0.3) is 0 Å². The molecule has 17 heavy (non-hydrogen) atoms. The van der Waals surface area contributed by atoms with Crippen LogP contribution in [0.1, 0.15) is 12.5 Å². The van der Waals surface area contributed by atoms with Crippen molar-refractivity contribution in [3.05, 3.63) is 23.8 Å². The highest BCUT2D eigenvalue weighted by Crippen LogP contribution is 2.23. The summed E-state index contributed by atoms with van der Waals surface area (Å²) in [6, 6.07) is 4.87. The fraction of sp³-hybridized carbons (Fsp3) is 0.200. The van der Waals surface area contributed by atoms with E-state index in [1.165, 1.54) is 13.2 Å². The van der Waals surface area contributed by atoms with Gasteiger partial charge in [-0.25, -0.2) is 5.43 Å². The van der Waals surface area contributed by atoms with Gasteiger partial charge in [0.15, 0.2) is 0 Å². The van der Waals surface area contributed by atoms with Crippen LogP contribution in [0.3, 0.4) is 0 Å². The molecule has 0 aliphatic rings. The van der Waals surface area contributed by atoms with Crippen molar-refractivity contribution >= 4 is 24.1 Å². The van der Waals surface area contributed by atoms with Gasteiger partial charge in [0.2, 0.25) is 5.96 Å². The number of guanidine groups is 1. The van der Waals surface area contributed by atoms with Crippen molar-refractivity contribution in [3.8, 4) is 11.5 Å². The maximum absolute atomic E-state index is 9.68. The Morgan fingerprint density at radius 2 is 2.18 bits per heavy atom. The van der Waals surface area contributed by atoms with E-state index in [4.69, 9.17) is 15.9 Å². The van der Waals surface area contributed by atoms with E-state index >= 15 is 0 Å². The predicted octanol–water partition coefficient (Wildman–Crippen LogP) is 1.03. The van der Waals surface area contributed by atoms with E-state index in [0.717, 1.165) is 0 Å². The molecule has 0 heterocycles. The first kappa shape index (κ1) is 15.0. The van der Waals surface area contributed by atoms with Crippen molar-refractivity contribution < 1.29 is 9.84 Å². The maximum atomic E-state index is 9.68. The fourth-order valence-electron chi connectivity index (χ4n) is 1.15. The molecular formula is C10H15ClN4O2. The zero-order chi connectivity index (χ0) is 12.1. The van der Waals surface area contributed by atoms with Gasteiger partial charge in [0, 0.05) is 11.6 Å². The minimum absolute atomic E-state index is 0. The monoisotopic (exact) mass is 258 g/mol. The van der Waals surface area contributed by atoms with Gasteiger partial charge in [-0.15, -0.1) is 12.4 Å². The third-order valence-electron chi connectivity index (χ3n) is 1.94. The number of phenols is 1. The number of hydrazone groups is 1. The SMILES string of the molecule is COc1ccc(/C(C)=N/NC(=N)N)c(O)c1.Cl. The molecule has 94 valence electrons. The fourth-order valence-corrected chi connectivity index (χ4v) is 1.15. The van der Waals surface area contributed by atoms with Gasteiger partial charge in [0.1, 0.15) is 11.5 Å². The summed E-state index contributed by atoms with van der Waals surface area (Å²) < 4.78 is 4.96. The number of aromatic hydroxyl groups is 1. The quantitative estimate of drug-likeness (QED) is 0.369. The Balaban J connectivity index is 0.00000256. The van der Waals surface area contributed by atoms with Gasteiger partial charge in [0.05, 0.1) is 12.8 Å². The number of nitrogens with one attached hydrogen (secondary N) is 2. The molecule has 7 heteroatoms. The Morgan fingerprint density at radius 1 is 1.53 bits per heavy atom. The number of nitrogens with two attached hydrogens (primary N) is 1. The zero-order valence-corrected chi connectivity index (χ0v) is 10.3. The first-order valence-corrected chi connectivity index (χ1v) is 4.56. The second-order valence-electron chi connectivity index (χ2n) is 3.11. The van der Waals surface area contributed by atoms with E-state index in [9.17, 15) is 5.11 Å². The summed E-state index contributed by atoms with van der Waals surface area (Å²) in [6.07, 6.45) is 0. The standard InChI is InChI=1S/C10H14N4O2.ClH/c1-6(13-14-10(11)12)8-4-3-7(16-2)5-9(8)15;/h3-5,15H,1-2H3,(H4,11,12,14);1H/b13-6+;. The maximum Gasteiger partial charge on any atom is 0.206 e. The van der Waals surface area contributed by atoms with Crippen molar-refractivity contribution in [1.82, 2.24) is 5.43 Å². The van der Waals surface area contributed by atoms with E-state index < -0.39 is 0 Å². The van der Waals surface area contributed by atoms with Gasteiger partial charge in [-0.05, 0) is 19.1 Å². The van der Waals surface area contributed by atoms with Gasteiger partial charge in [0.25, 0.3) is 0 Å². The molecule has 0 spiro atoms. The van der Waals surface area contributed by atoms with Crippen LogP contribution in [0.4, 0.5) is 0 Å². The smallest absolute Gasteiger partial charge is 0.206 e. The lowest BCUT2D eigenvalue weighted by molar-refractivity contribution is 0.407. The summed E-state index contributed by atoms with van der Waals surface area (Å²) >= 11 is 0. The second-order valence-corrected chi connectivity index (χ2v) is 3.11. The van der Waals surface area contributed by atoms with Crippen LogP contribution >= 0.6 is 12.4 Å². The van der Waals surface area contributed by atoms with Gasteiger partial charge in [-0.1, -0.05) is 0 Å². The number of hydrogen-bond donors (Lipinski definition) is 4. The Labute approximate surface area is 105 Å². The molecule has 0 saturated carbocycles. The number of rotatable bonds is 3. The molecule has 0 aliphatic heterocycles. The molecule has 0 saturated heterocycles. The van der Waals surface area contributed by atoms with Crippen molar-refractivity contribution in [2.75, 3.05) is 7.11 Å². The summed E-state index contributed by atoms with van der Waals surface area (Å²) in [6.45, 7) is 1.69. The van der Waals surface area contributed by atoms with Crippen molar-refractivity contribution in [2.24, 2.45) is 10.8 Å². The van der Waals surface area contributed by atoms with Crippen LogP contribution in [-0.4, -0.2) is 23.9 Å². The second kappa shape index (κ2) is 6.59. The topological polar surface area (TPSA) is 104 Å². The number of halogens is 1. The summed E-state index contributed by atoms with van der Waals surface area (Å²) in [5.41, 5.74) is 8.47. The lowest BCUT2D eigenvalue weighted by Crippen LogP contribution is -2.26. The molecule has 5 N–H and O–H groups in total. The Bertz CT molecular complexity index is 434. The predicted molar refractivity (Wildman–Crippen MR) is 69.2 cm³/mol. The molecule has 6 nitrogen and oxygen atoms in total. The van der Waals surface area contributed by atoms with E-state index in [1.807, 2.05) is 0 Å². The number of nitrogens with zero attached hydrogens (tertiary/aromatic N) is 1. The average Bonchev–Trinajstić information content (AvgIpc) is 2.25. The summed E-state index contributed by atoms with van der Waals surface area (Å²) in [5.74, 6) is 0.367. The molecule has 1 aromatic carbocycles. The summed E-state index contributed by atoms with van der Waals surface area (Å²) in [5, 5.41) is 20.5. The van der Waals surface area contributed by atoms with Gasteiger partial charge in [-0.3, -0.25) is 5.41 Å². The highest BCUT2D eigenvalue weighted by molar-refractivity contribution is 6.01. The number of hydrogen-bond acceptors (Lipinski definition) is 4. The molecular weight excluding hydrogens is 244 g/mol. The number of methoxy groups -OCH3 is 1. The molecule has 0 aliphatic carbocycles. The molecule has 0 bridgehead atoms. The average molecular weight is 259 g/mol. The highest BCUT2D eigenvalue weighted by Gasteiger charge is 2.06. The third-order valence-corrected chi connectivity index (χ3v) is 1.94.